The van der Waals surface area contributed by atoms with Crippen molar-refractivity contribution in [1.82, 2.24) is 4.90 Å². The SMILES string of the molecule is COc1ccc(C(c2cccc(Oc3ccccc3)c2)N2CCCC(C(=O)O)C2)cc1OC. The summed E-state index contributed by atoms with van der Waals surface area (Å²) in [6.45, 7) is 1.30. The van der Waals surface area contributed by atoms with Gasteiger partial charge in [-0.15, -0.1) is 0 Å². The van der Waals surface area contributed by atoms with Crippen molar-refractivity contribution >= 4 is 5.97 Å². The Morgan fingerprint density at radius 1 is 0.909 bits per heavy atom. The average Bonchev–Trinajstić information content (AvgIpc) is 2.85. The topological polar surface area (TPSA) is 68.2 Å². The lowest BCUT2D eigenvalue weighted by Gasteiger charge is -2.37. The highest BCUT2D eigenvalue weighted by Crippen LogP contribution is 2.38. The van der Waals surface area contributed by atoms with Gasteiger partial charge >= 0.3 is 5.97 Å². The van der Waals surface area contributed by atoms with Gasteiger partial charge in [0, 0.05) is 6.54 Å². The lowest BCUT2D eigenvalue weighted by atomic mass is 9.91. The number of carbonyl (C=O) groups is 1. The van der Waals surface area contributed by atoms with Crippen LogP contribution in [0.3, 0.4) is 0 Å². The average molecular weight is 448 g/mol. The summed E-state index contributed by atoms with van der Waals surface area (Å²) < 4.78 is 17.0. The number of ether oxygens (including phenoxy) is 3. The third kappa shape index (κ3) is 5.29. The molecule has 4 rings (SSSR count). The minimum Gasteiger partial charge on any atom is -0.493 e. The number of para-hydroxylation sites is 1. The van der Waals surface area contributed by atoms with Gasteiger partial charge in [0.1, 0.15) is 11.5 Å². The third-order valence-corrected chi connectivity index (χ3v) is 6.04. The van der Waals surface area contributed by atoms with Gasteiger partial charge in [0.2, 0.25) is 0 Å². The molecule has 172 valence electrons. The smallest absolute Gasteiger partial charge is 0.307 e. The molecule has 2 unspecified atom stereocenters. The molecule has 0 radical (unpaired) electrons. The Bertz CT molecular complexity index is 1080. The minimum atomic E-state index is -0.744. The first-order valence-corrected chi connectivity index (χ1v) is 11.1. The number of aliphatic carboxylic acids is 1. The Morgan fingerprint density at radius 2 is 1.64 bits per heavy atom. The predicted octanol–water partition coefficient (Wildman–Crippen LogP) is 5.38. The number of benzene rings is 3. The number of hydrogen-bond donors (Lipinski definition) is 1. The van der Waals surface area contributed by atoms with Crippen LogP contribution in [0.15, 0.2) is 72.8 Å². The third-order valence-electron chi connectivity index (χ3n) is 6.04. The van der Waals surface area contributed by atoms with E-state index in [2.05, 4.69) is 11.0 Å². The zero-order valence-corrected chi connectivity index (χ0v) is 18.9. The molecule has 1 fully saturated rings. The Morgan fingerprint density at radius 3 is 2.36 bits per heavy atom. The number of carboxylic acids is 1. The van der Waals surface area contributed by atoms with Crippen LogP contribution in [0, 0.1) is 5.92 Å². The van der Waals surface area contributed by atoms with E-state index in [-0.39, 0.29) is 12.0 Å². The van der Waals surface area contributed by atoms with Gasteiger partial charge in [-0.2, -0.15) is 0 Å². The molecular weight excluding hydrogens is 418 g/mol. The van der Waals surface area contributed by atoms with Crippen molar-refractivity contribution < 1.29 is 24.1 Å². The van der Waals surface area contributed by atoms with Gasteiger partial charge in [0.15, 0.2) is 11.5 Å². The van der Waals surface area contributed by atoms with Crippen molar-refractivity contribution in [3.63, 3.8) is 0 Å². The Balaban J connectivity index is 1.73. The largest absolute Gasteiger partial charge is 0.493 e. The van der Waals surface area contributed by atoms with Crippen molar-refractivity contribution in [1.29, 1.82) is 0 Å². The molecule has 0 aliphatic carbocycles. The fourth-order valence-electron chi connectivity index (χ4n) is 4.45. The van der Waals surface area contributed by atoms with E-state index in [1.165, 1.54) is 0 Å². The summed E-state index contributed by atoms with van der Waals surface area (Å²) in [6.07, 6.45) is 1.53. The zero-order chi connectivity index (χ0) is 23.2. The van der Waals surface area contributed by atoms with Crippen LogP contribution in [0.5, 0.6) is 23.0 Å². The summed E-state index contributed by atoms with van der Waals surface area (Å²) in [4.78, 5) is 14.0. The molecule has 0 aromatic heterocycles. The molecule has 0 bridgehead atoms. The molecule has 0 amide bonds. The molecule has 6 nitrogen and oxygen atoms in total. The second-order valence-electron chi connectivity index (χ2n) is 8.18. The van der Waals surface area contributed by atoms with E-state index in [0.717, 1.165) is 35.6 Å². The lowest BCUT2D eigenvalue weighted by Crippen LogP contribution is -2.41. The van der Waals surface area contributed by atoms with Gasteiger partial charge in [-0.25, -0.2) is 0 Å². The molecule has 6 heteroatoms. The zero-order valence-electron chi connectivity index (χ0n) is 18.9. The maximum absolute atomic E-state index is 11.8. The molecule has 3 aromatic carbocycles. The molecule has 1 saturated heterocycles. The van der Waals surface area contributed by atoms with Crippen molar-refractivity contribution in [3.8, 4) is 23.0 Å². The summed E-state index contributed by atoms with van der Waals surface area (Å²) in [5.41, 5.74) is 2.04. The van der Waals surface area contributed by atoms with Gasteiger partial charge in [0.25, 0.3) is 0 Å². The normalized spacial score (nSPS) is 17.2. The molecule has 0 saturated carbocycles. The molecule has 1 heterocycles. The summed E-state index contributed by atoms with van der Waals surface area (Å²) in [5.74, 6) is 1.67. The van der Waals surface area contributed by atoms with E-state index in [1.807, 2.05) is 66.7 Å². The Hall–Kier alpha value is -3.51. The van der Waals surface area contributed by atoms with Crippen LogP contribution in [0.25, 0.3) is 0 Å². The molecule has 1 aliphatic heterocycles. The van der Waals surface area contributed by atoms with E-state index in [1.54, 1.807) is 14.2 Å². The van der Waals surface area contributed by atoms with Crippen LogP contribution < -0.4 is 14.2 Å². The fourth-order valence-corrected chi connectivity index (χ4v) is 4.45. The summed E-state index contributed by atoms with van der Waals surface area (Å²) in [5, 5.41) is 9.65. The Labute approximate surface area is 194 Å². The summed E-state index contributed by atoms with van der Waals surface area (Å²) >= 11 is 0. The van der Waals surface area contributed by atoms with Crippen molar-refractivity contribution in [2.75, 3.05) is 27.3 Å². The van der Waals surface area contributed by atoms with E-state index < -0.39 is 5.97 Å². The molecule has 1 aliphatic rings. The number of likely N-dealkylation sites (tertiary alicyclic amines) is 1. The summed E-state index contributed by atoms with van der Waals surface area (Å²) in [6, 6.07) is 23.4. The van der Waals surface area contributed by atoms with E-state index in [0.29, 0.717) is 24.5 Å². The quantitative estimate of drug-likeness (QED) is 0.500. The highest BCUT2D eigenvalue weighted by Gasteiger charge is 2.32. The number of rotatable bonds is 8. The fraction of sp³-hybridized carbons (Fsp3) is 0.296. The van der Waals surface area contributed by atoms with Crippen LogP contribution >= 0.6 is 0 Å². The number of piperidine rings is 1. The number of methoxy groups -OCH3 is 2. The first-order valence-electron chi connectivity index (χ1n) is 11.1. The molecular formula is C27H29NO5. The number of nitrogens with zero attached hydrogens (tertiary/aromatic N) is 1. The van der Waals surface area contributed by atoms with Gasteiger partial charge in [-0.1, -0.05) is 36.4 Å². The highest BCUT2D eigenvalue weighted by atomic mass is 16.5. The van der Waals surface area contributed by atoms with Gasteiger partial charge in [-0.3, -0.25) is 9.69 Å². The van der Waals surface area contributed by atoms with Crippen molar-refractivity contribution in [3.05, 3.63) is 83.9 Å². The second kappa shape index (κ2) is 10.4. The standard InChI is InChI=1S/C27H29NO5/c1-31-24-14-13-20(17-25(24)32-2)26(28-15-7-9-21(18-28)27(29)30)19-8-6-12-23(16-19)33-22-10-4-3-5-11-22/h3-6,8,10-14,16-17,21,26H,7,9,15,18H2,1-2H3,(H,29,30). The van der Waals surface area contributed by atoms with Crippen LogP contribution in [-0.4, -0.2) is 43.3 Å². The molecule has 1 N–H and O–H groups in total. The maximum atomic E-state index is 11.8. The number of hydrogen-bond acceptors (Lipinski definition) is 5. The van der Waals surface area contributed by atoms with Gasteiger partial charge in [0.05, 0.1) is 26.2 Å². The Kier molecular flexibility index (Phi) is 7.15. The molecule has 2 atom stereocenters. The minimum absolute atomic E-state index is 0.147. The lowest BCUT2D eigenvalue weighted by molar-refractivity contribution is -0.143. The van der Waals surface area contributed by atoms with Crippen LogP contribution in [0.4, 0.5) is 0 Å². The van der Waals surface area contributed by atoms with Crippen molar-refractivity contribution in [2.24, 2.45) is 5.92 Å². The number of carboxylic acid groups (broad SMARTS) is 1. The highest BCUT2D eigenvalue weighted by molar-refractivity contribution is 5.70. The van der Waals surface area contributed by atoms with Crippen LogP contribution in [-0.2, 0) is 4.79 Å². The summed E-state index contributed by atoms with van der Waals surface area (Å²) in [7, 11) is 3.23. The molecule has 0 spiro atoms. The maximum Gasteiger partial charge on any atom is 0.307 e. The second-order valence-corrected chi connectivity index (χ2v) is 8.18. The van der Waals surface area contributed by atoms with Crippen molar-refractivity contribution in [2.45, 2.75) is 18.9 Å². The molecule has 33 heavy (non-hydrogen) atoms. The van der Waals surface area contributed by atoms with Gasteiger partial charge in [-0.05, 0) is 66.9 Å². The first-order chi connectivity index (χ1) is 16.1. The molecule has 3 aromatic rings. The monoisotopic (exact) mass is 447 g/mol. The van der Waals surface area contributed by atoms with E-state index in [4.69, 9.17) is 14.2 Å². The van der Waals surface area contributed by atoms with E-state index >= 15 is 0 Å². The first kappa shape index (κ1) is 22.7. The van der Waals surface area contributed by atoms with Crippen LogP contribution in [0.2, 0.25) is 0 Å². The van der Waals surface area contributed by atoms with E-state index in [9.17, 15) is 9.90 Å². The predicted molar refractivity (Wildman–Crippen MR) is 126 cm³/mol. The van der Waals surface area contributed by atoms with Crippen LogP contribution in [0.1, 0.15) is 30.0 Å². The van der Waals surface area contributed by atoms with Gasteiger partial charge < -0.3 is 19.3 Å².